The number of aliphatic hydroxyl groups excluding tert-OH is 1. The summed E-state index contributed by atoms with van der Waals surface area (Å²) in [7, 11) is 0. The summed E-state index contributed by atoms with van der Waals surface area (Å²) >= 11 is 0. The molecule has 0 aliphatic carbocycles. The Morgan fingerprint density at radius 3 is 2.38 bits per heavy atom. The molecule has 154 valence electrons. The van der Waals surface area contributed by atoms with E-state index in [4.69, 9.17) is 4.74 Å². The molecule has 3 atom stereocenters. The van der Waals surface area contributed by atoms with E-state index in [0.29, 0.717) is 6.42 Å². The van der Waals surface area contributed by atoms with Gasteiger partial charge in [0, 0.05) is 0 Å². The van der Waals surface area contributed by atoms with Crippen LogP contribution >= 0.6 is 0 Å². The van der Waals surface area contributed by atoms with E-state index in [1.165, 1.54) is 0 Å². The normalized spacial score (nSPS) is 21.2. The van der Waals surface area contributed by atoms with Crippen molar-refractivity contribution in [2.45, 2.75) is 44.9 Å². The summed E-state index contributed by atoms with van der Waals surface area (Å²) in [6.07, 6.45) is -0.848. The van der Waals surface area contributed by atoms with Crippen LogP contribution in [0.25, 0.3) is 0 Å². The number of benzene rings is 2. The number of imide groups is 1. The number of nitrogens with zero attached hydrogens (tertiary/aromatic N) is 1. The highest BCUT2D eigenvalue weighted by Gasteiger charge is 2.46. The van der Waals surface area contributed by atoms with Crippen molar-refractivity contribution >= 4 is 11.9 Å². The summed E-state index contributed by atoms with van der Waals surface area (Å²) in [5, 5.41) is 13.2. The zero-order chi connectivity index (χ0) is 21.0. The summed E-state index contributed by atoms with van der Waals surface area (Å²) in [4.78, 5) is 25.8. The molecule has 29 heavy (non-hydrogen) atoms. The second-order valence-corrected chi connectivity index (χ2v) is 7.67. The third-order valence-corrected chi connectivity index (χ3v) is 5.47. The van der Waals surface area contributed by atoms with Gasteiger partial charge in [-0.1, -0.05) is 61.5 Å². The van der Waals surface area contributed by atoms with Gasteiger partial charge in [-0.15, -0.1) is 0 Å². The average Bonchev–Trinajstić information content (AvgIpc) is 2.94. The van der Waals surface area contributed by atoms with Crippen LogP contribution in [-0.4, -0.2) is 46.7 Å². The molecule has 0 unspecified atom stereocenters. The van der Waals surface area contributed by atoms with Crippen molar-refractivity contribution in [3.8, 4) is 0 Å². The predicted molar refractivity (Wildman–Crippen MR) is 110 cm³/mol. The molecule has 1 fully saturated rings. The van der Waals surface area contributed by atoms with Gasteiger partial charge in [0.1, 0.15) is 11.6 Å². The number of rotatable bonds is 8. The summed E-state index contributed by atoms with van der Waals surface area (Å²) in [6.45, 7) is 5.45. The van der Waals surface area contributed by atoms with E-state index >= 15 is 0 Å². The molecule has 1 aliphatic heterocycles. The number of aliphatic hydroxyl groups is 1. The number of hydrogen-bond acceptors (Lipinski definition) is 4. The van der Waals surface area contributed by atoms with Gasteiger partial charge in [-0.3, -0.25) is 9.69 Å². The van der Waals surface area contributed by atoms with Gasteiger partial charge in [0.15, 0.2) is 0 Å². The first-order valence-electron chi connectivity index (χ1n) is 9.90. The van der Waals surface area contributed by atoms with Crippen LogP contribution in [0.1, 0.15) is 43.1 Å². The van der Waals surface area contributed by atoms with Crippen molar-refractivity contribution in [1.82, 2.24) is 10.2 Å². The molecular formula is C23H28N2O4. The quantitative estimate of drug-likeness (QED) is 0.672. The van der Waals surface area contributed by atoms with Gasteiger partial charge in [0.25, 0.3) is 5.91 Å². The number of amides is 3. The van der Waals surface area contributed by atoms with Gasteiger partial charge in [0.2, 0.25) is 0 Å². The molecule has 1 heterocycles. The van der Waals surface area contributed by atoms with Crippen LogP contribution in [0.2, 0.25) is 0 Å². The lowest BCUT2D eigenvalue weighted by atomic mass is 9.97. The van der Waals surface area contributed by atoms with Crippen LogP contribution in [0.15, 0.2) is 54.6 Å². The molecule has 2 aromatic carbocycles. The fraction of sp³-hybridized carbons (Fsp3) is 0.391. The van der Waals surface area contributed by atoms with Crippen LogP contribution in [0.5, 0.6) is 0 Å². The van der Waals surface area contributed by atoms with E-state index < -0.39 is 17.7 Å². The molecule has 1 aliphatic rings. The van der Waals surface area contributed by atoms with Crippen molar-refractivity contribution in [1.29, 1.82) is 0 Å². The van der Waals surface area contributed by atoms with Crippen molar-refractivity contribution in [2.24, 2.45) is 0 Å². The van der Waals surface area contributed by atoms with E-state index in [1.807, 2.05) is 68.4 Å². The summed E-state index contributed by atoms with van der Waals surface area (Å²) in [6, 6.07) is 17.3. The number of urea groups is 1. The standard InChI is InChI=1S/C23H28N2O4/c1-4-23(3)21(27)25(22(28)24-23)14-18(26)15-29-20(17-11-6-5-7-12-17)19-13-9-8-10-16(19)2/h5-13,18,20,26H,4,14-15H2,1-3H3,(H,24,28)/t18-,20-,23+/m1/s1. The Labute approximate surface area is 171 Å². The monoisotopic (exact) mass is 396 g/mol. The Hall–Kier alpha value is -2.70. The minimum atomic E-state index is -0.987. The Morgan fingerprint density at radius 1 is 1.10 bits per heavy atom. The summed E-state index contributed by atoms with van der Waals surface area (Å²) in [5.41, 5.74) is 2.16. The highest BCUT2D eigenvalue weighted by molar-refractivity contribution is 6.06. The fourth-order valence-corrected chi connectivity index (χ4v) is 3.50. The van der Waals surface area contributed by atoms with Gasteiger partial charge < -0.3 is 15.2 Å². The molecule has 0 radical (unpaired) electrons. The molecule has 3 amide bonds. The van der Waals surface area contributed by atoms with Crippen LogP contribution in [0.4, 0.5) is 4.79 Å². The third kappa shape index (κ3) is 4.49. The van der Waals surface area contributed by atoms with Crippen molar-refractivity contribution in [3.05, 3.63) is 71.3 Å². The topological polar surface area (TPSA) is 78.9 Å². The lowest BCUT2D eigenvalue weighted by Crippen LogP contribution is -2.44. The van der Waals surface area contributed by atoms with Crippen molar-refractivity contribution in [2.75, 3.05) is 13.2 Å². The van der Waals surface area contributed by atoms with E-state index in [1.54, 1.807) is 6.92 Å². The molecule has 6 nitrogen and oxygen atoms in total. The lowest BCUT2D eigenvalue weighted by molar-refractivity contribution is -0.132. The average molecular weight is 396 g/mol. The SMILES string of the molecule is CC[C@]1(C)NC(=O)N(C[C@@H](O)CO[C@H](c2ccccc2)c2ccccc2C)C1=O. The maximum absolute atomic E-state index is 12.5. The molecular weight excluding hydrogens is 368 g/mol. The molecule has 2 N–H and O–H groups in total. The summed E-state index contributed by atoms with van der Waals surface area (Å²) in [5.74, 6) is -0.317. The fourth-order valence-electron chi connectivity index (χ4n) is 3.50. The first-order chi connectivity index (χ1) is 13.9. The van der Waals surface area contributed by atoms with Crippen LogP contribution in [-0.2, 0) is 9.53 Å². The predicted octanol–water partition coefficient (Wildman–Crippen LogP) is 3.18. The van der Waals surface area contributed by atoms with E-state index in [2.05, 4.69) is 5.32 Å². The van der Waals surface area contributed by atoms with Gasteiger partial charge in [-0.25, -0.2) is 4.79 Å². The number of ether oxygens (including phenoxy) is 1. The molecule has 1 saturated heterocycles. The number of aryl methyl sites for hydroxylation is 1. The van der Waals surface area contributed by atoms with Crippen molar-refractivity contribution in [3.63, 3.8) is 0 Å². The number of carbonyl (C=O) groups excluding carboxylic acids is 2. The minimum absolute atomic E-state index is 0.00616. The van der Waals surface area contributed by atoms with Gasteiger partial charge in [-0.05, 0) is 37.0 Å². The molecule has 2 aromatic rings. The zero-order valence-corrected chi connectivity index (χ0v) is 17.1. The molecule has 0 bridgehead atoms. The maximum Gasteiger partial charge on any atom is 0.325 e. The van der Waals surface area contributed by atoms with Crippen LogP contribution in [0.3, 0.4) is 0 Å². The first kappa shape index (κ1) is 21.0. The molecule has 0 aromatic heterocycles. The number of carbonyl (C=O) groups is 2. The third-order valence-electron chi connectivity index (χ3n) is 5.47. The Morgan fingerprint density at radius 2 is 1.76 bits per heavy atom. The largest absolute Gasteiger partial charge is 0.389 e. The number of nitrogens with one attached hydrogen (secondary N) is 1. The van der Waals surface area contributed by atoms with Crippen LogP contribution in [0, 0.1) is 6.92 Å². The maximum atomic E-state index is 12.5. The lowest BCUT2D eigenvalue weighted by Gasteiger charge is -2.24. The molecule has 0 saturated carbocycles. The highest BCUT2D eigenvalue weighted by atomic mass is 16.5. The Bertz CT molecular complexity index is 870. The van der Waals surface area contributed by atoms with E-state index in [0.717, 1.165) is 21.6 Å². The van der Waals surface area contributed by atoms with Gasteiger partial charge in [0.05, 0.1) is 19.3 Å². The molecule has 3 rings (SSSR count). The highest BCUT2D eigenvalue weighted by Crippen LogP contribution is 2.29. The van der Waals surface area contributed by atoms with Gasteiger partial charge in [-0.2, -0.15) is 0 Å². The zero-order valence-electron chi connectivity index (χ0n) is 17.1. The second-order valence-electron chi connectivity index (χ2n) is 7.67. The minimum Gasteiger partial charge on any atom is -0.389 e. The van der Waals surface area contributed by atoms with Crippen LogP contribution < -0.4 is 5.32 Å². The Kier molecular flexibility index (Phi) is 6.35. The second kappa shape index (κ2) is 8.76. The Balaban J connectivity index is 1.71. The molecule has 0 spiro atoms. The van der Waals surface area contributed by atoms with E-state index in [9.17, 15) is 14.7 Å². The van der Waals surface area contributed by atoms with Gasteiger partial charge >= 0.3 is 6.03 Å². The first-order valence-corrected chi connectivity index (χ1v) is 9.90. The molecule has 6 heteroatoms. The van der Waals surface area contributed by atoms with Crippen molar-refractivity contribution < 1.29 is 19.4 Å². The number of hydrogen-bond donors (Lipinski definition) is 2. The summed E-state index contributed by atoms with van der Waals surface area (Å²) < 4.78 is 6.10. The smallest absolute Gasteiger partial charge is 0.325 e. The number of β-amino-alcohol motifs (C(OH)–C–C–N with tert-alkyl or cyclic N) is 1. The van der Waals surface area contributed by atoms with E-state index in [-0.39, 0.29) is 25.2 Å².